The fourth-order valence-corrected chi connectivity index (χ4v) is 4.55. The second kappa shape index (κ2) is 5.09. The summed E-state index contributed by atoms with van der Waals surface area (Å²) in [5.74, 6) is 0.846. The zero-order valence-corrected chi connectivity index (χ0v) is 13.3. The molecule has 1 saturated heterocycles. The van der Waals surface area contributed by atoms with E-state index < -0.39 is 0 Å². The van der Waals surface area contributed by atoms with Crippen molar-refractivity contribution in [2.24, 2.45) is 11.3 Å². The van der Waals surface area contributed by atoms with Crippen molar-refractivity contribution in [1.82, 2.24) is 9.97 Å². The van der Waals surface area contributed by atoms with Crippen molar-refractivity contribution in [3.63, 3.8) is 0 Å². The molecule has 0 bridgehead atoms. The number of nitrogens with zero attached hydrogens (tertiary/aromatic N) is 3. The SMILES string of the molecule is CC1CC2(CCN(c3c(C#N)c(=O)[nH]c4cccnc34)CC2)C1. The van der Waals surface area contributed by atoms with Gasteiger partial charge in [0.15, 0.2) is 0 Å². The monoisotopic (exact) mass is 308 g/mol. The van der Waals surface area contributed by atoms with E-state index in [9.17, 15) is 10.1 Å². The number of anilines is 1. The molecule has 118 valence electrons. The first-order valence-electron chi connectivity index (χ1n) is 8.28. The highest BCUT2D eigenvalue weighted by atomic mass is 16.1. The standard InChI is InChI=1S/C18H20N4O/c1-12-9-18(10-12)4-7-22(8-5-18)16-13(11-19)17(23)21-14-3-2-6-20-15(14)16/h2-3,6,12H,4-5,7-10H2,1H3,(H,21,23). The second-order valence-corrected chi connectivity index (χ2v) is 7.19. The molecule has 1 saturated carbocycles. The number of pyridine rings is 2. The van der Waals surface area contributed by atoms with Gasteiger partial charge in [0.2, 0.25) is 0 Å². The number of piperidine rings is 1. The molecule has 0 atom stereocenters. The number of rotatable bonds is 1. The summed E-state index contributed by atoms with van der Waals surface area (Å²) in [6.45, 7) is 4.12. The van der Waals surface area contributed by atoms with Crippen molar-refractivity contribution in [1.29, 1.82) is 5.26 Å². The quantitative estimate of drug-likeness (QED) is 0.879. The molecular weight excluding hydrogens is 288 g/mol. The summed E-state index contributed by atoms with van der Waals surface area (Å²) in [5, 5.41) is 9.46. The number of hydrogen-bond acceptors (Lipinski definition) is 4. The molecule has 5 nitrogen and oxygen atoms in total. The number of nitriles is 1. The van der Waals surface area contributed by atoms with Crippen molar-refractivity contribution < 1.29 is 0 Å². The van der Waals surface area contributed by atoms with E-state index in [4.69, 9.17) is 0 Å². The highest BCUT2D eigenvalue weighted by molar-refractivity contribution is 5.91. The van der Waals surface area contributed by atoms with Gasteiger partial charge in [0.05, 0.1) is 11.2 Å². The molecule has 2 aliphatic rings. The minimum atomic E-state index is -0.319. The van der Waals surface area contributed by atoms with E-state index in [1.807, 2.05) is 6.07 Å². The summed E-state index contributed by atoms with van der Waals surface area (Å²) in [6.07, 6.45) is 6.64. The molecule has 4 rings (SSSR count). The third-order valence-corrected chi connectivity index (χ3v) is 5.56. The Morgan fingerprint density at radius 3 is 2.78 bits per heavy atom. The van der Waals surface area contributed by atoms with Crippen molar-refractivity contribution >= 4 is 16.7 Å². The topological polar surface area (TPSA) is 72.8 Å². The lowest BCUT2D eigenvalue weighted by molar-refractivity contribution is 0.0382. The van der Waals surface area contributed by atoms with E-state index in [2.05, 4.69) is 27.9 Å². The Morgan fingerprint density at radius 1 is 1.39 bits per heavy atom. The van der Waals surface area contributed by atoms with Gasteiger partial charge in [-0.2, -0.15) is 5.26 Å². The van der Waals surface area contributed by atoms with Gasteiger partial charge in [0.25, 0.3) is 5.56 Å². The van der Waals surface area contributed by atoms with Crippen molar-refractivity contribution in [2.75, 3.05) is 18.0 Å². The summed E-state index contributed by atoms with van der Waals surface area (Å²) in [5.41, 5.74) is 2.52. The van der Waals surface area contributed by atoms with Gasteiger partial charge in [-0.15, -0.1) is 0 Å². The number of aromatic amines is 1. The van der Waals surface area contributed by atoms with Gasteiger partial charge in [-0.25, -0.2) is 0 Å². The van der Waals surface area contributed by atoms with Crippen LogP contribution in [0.2, 0.25) is 0 Å². The van der Waals surface area contributed by atoms with Crippen molar-refractivity contribution in [2.45, 2.75) is 32.6 Å². The first-order chi connectivity index (χ1) is 11.1. The van der Waals surface area contributed by atoms with Crippen LogP contribution < -0.4 is 10.5 Å². The summed E-state index contributed by atoms with van der Waals surface area (Å²) in [6, 6.07) is 5.72. The average molecular weight is 308 g/mol. The largest absolute Gasteiger partial charge is 0.368 e. The van der Waals surface area contributed by atoms with Crippen LogP contribution in [0.3, 0.4) is 0 Å². The molecule has 1 N–H and O–H groups in total. The smallest absolute Gasteiger partial charge is 0.268 e. The van der Waals surface area contributed by atoms with Gasteiger partial charge in [-0.05, 0) is 49.1 Å². The Bertz CT molecular complexity index is 847. The molecule has 1 spiro atoms. The summed E-state index contributed by atoms with van der Waals surface area (Å²) in [7, 11) is 0. The van der Waals surface area contributed by atoms with Gasteiger partial charge in [-0.1, -0.05) is 6.92 Å². The van der Waals surface area contributed by atoms with E-state index in [1.165, 1.54) is 12.8 Å². The van der Waals surface area contributed by atoms with Gasteiger partial charge in [0, 0.05) is 19.3 Å². The van der Waals surface area contributed by atoms with Crippen LogP contribution in [0.25, 0.3) is 11.0 Å². The van der Waals surface area contributed by atoms with E-state index in [1.54, 1.807) is 12.3 Å². The Balaban J connectivity index is 1.74. The maximum atomic E-state index is 12.2. The molecule has 5 heteroatoms. The van der Waals surface area contributed by atoms with Gasteiger partial charge >= 0.3 is 0 Å². The molecule has 0 unspecified atom stereocenters. The zero-order chi connectivity index (χ0) is 16.0. The molecule has 1 aliphatic heterocycles. The molecule has 23 heavy (non-hydrogen) atoms. The van der Waals surface area contributed by atoms with Crippen LogP contribution >= 0.6 is 0 Å². The molecule has 3 heterocycles. The number of H-pyrrole nitrogens is 1. The normalized spacial score (nSPS) is 20.4. The van der Waals surface area contributed by atoms with Crippen LogP contribution in [0, 0.1) is 22.7 Å². The number of hydrogen-bond donors (Lipinski definition) is 1. The highest BCUT2D eigenvalue weighted by Crippen LogP contribution is 2.52. The predicted octanol–water partition coefficient (Wildman–Crippen LogP) is 2.81. The zero-order valence-electron chi connectivity index (χ0n) is 13.3. The fourth-order valence-electron chi connectivity index (χ4n) is 4.55. The van der Waals surface area contributed by atoms with Crippen LogP contribution in [0.4, 0.5) is 5.69 Å². The molecular formula is C18H20N4O. The van der Waals surface area contributed by atoms with Crippen molar-refractivity contribution in [3.8, 4) is 6.07 Å². The lowest BCUT2D eigenvalue weighted by Crippen LogP contribution is -2.47. The van der Waals surface area contributed by atoms with Gasteiger partial charge < -0.3 is 9.88 Å². The number of nitrogens with one attached hydrogen (secondary N) is 1. The molecule has 0 aromatic carbocycles. The molecule has 2 aromatic rings. The summed E-state index contributed by atoms with van der Waals surface area (Å²) in [4.78, 5) is 21.6. The van der Waals surface area contributed by atoms with Crippen LogP contribution in [-0.2, 0) is 0 Å². The summed E-state index contributed by atoms with van der Waals surface area (Å²) >= 11 is 0. The molecule has 2 fully saturated rings. The van der Waals surface area contributed by atoms with Crippen LogP contribution in [0.5, 0.6) is 0 Å². The fraction of sp³-hybridized carbons (Fsp3) is 0.500. The number of fused-ring (bicyclic) bond motifs is 1. The lowest BCUT2D eigenvalue weighted by atomic mass is 9.58. The maximum absolute atomic E-state index is 12.2. The predicted molar refractivity (Wildman–Crippen MR) is 89.4 cm³/mol. The average Bonchev–Trinajstić information content (AvgIpc) is 2.53. The third kappa shape index (κ3) is 2.21. The van der Waals surface area contributed by atoms with Crippen LogP contribution in [0.15, 0.2) is 23.1 Å². The highest BCUT2D eigenvalue weighted by Gasteiger charge is 2.44. The number of aromatic nitrogens is 2. The van der Waals surface area contributed by atoms with Gasteiger partial charge in [0.1, 0.15) is 17.1 Å². The van der Waals surface area contributed by atoms with Crippen LogP contribution in [-0.4, -0.2) is 23.1 Å². The van der Waals surface area contributed by atoms with Gasteiger partial charge in [-0.3, -0.25) is 9.78 Å². The Hall–Kier alpha value is -2.35. The maximum Gasteiger partial charge on any atom is 0.268 e. The minimum absolute atomic E-state index is 0.189. The van der Waals surface area contributed by atoms with E-state index in [0.717, 1.165) is 37.4 Å². The van der Waals surface area contributed by atoms with Crippen molar-refractivity contribution in [3.05, 3.63) is 34.2 Å². The van der Waals surface area contributed by atoms with E-state index in [-0.39, 0.29) is 11.1 Å². The Kier molecular flexibility index (Phi) is 3.15. The van der Waals surface area contributed by atoms with E-state index >= 15 is 0 Å². The second-order valence-electron chi connectivity index (χ2n) is 7.19. The lowest BCUT2D eigenvalue weighted by Gasteiger charge is -2.52. The molecule has 0 radical (unpaired) electrons. The Morgan fingerprint density at radius 2 is 2.13 bits per heavy atom. The summed E-state index contributed by atoms with van der Waals surface area (Å²) < 4.78 is 0. The van der Waals surface area contributed by atoms with E-state index in [0.29, 0.717) is 16.6 Å². The molecule has 2 aromatic heterocycles. The third-order valence-electron chi connectivity index (χ3n) is 5.56. The molecule has 0 amide bonds. The molecule has 1 aliphatic carbocycles. The first-order valence-corrected chi connectivity index (χ1v) is 8.28. The Labute approximate surface area is 135 Å². The van der Waals surface area contributed by atoms with Crippen LogP contribution in [0.1, 0.15) is 38.2 Å². The minimum Gasteiger partial charge on any atom is -0.368 e. The first kappa shape index (κ1) is 14.3.